The molecule has 0 fully saturated rings. The van der Waals surface area contributed by atoms with Crippen molar-refractivity contribution in [3.63, 3.8) is 0 Å². The van der Waals surface area contributed by atoms with E-state index in [-0.39, 0.29) is 0 Å². The van der Waals surface area contributed by atoms with Gasteiger partial charge in [0.2, 0.25) is 0 Å². The summed E-state index contributed by atoms with van der Waals surface area (Å²) in [6.07, 6.45) is 1.09. The molecule has 0 aromatic heterocycles. The Morgan fingerprint density at radius 1 is 1.10 bits per heavy atom. The predicted molar refractivity (Wildman–Crippen MR) is 90.4 cm³/mol. The number of ether oxygens (including phenoxy) is 1. The van der Waals surface area contributed by atoms with Gasteiger partial charge in [-0.15, -0.1) is 0 Å². The van der Waals surface area contributed by atoms with Crippen LogP contribution in [0.3, 0.4) is 0 Å². The van der Waals surface area contributed by atoms with Crippen LogP contribution in [-0.4, -0.2) is 13.7 Å². The van der Waals surface area contributed by atoms with E-state index in [1.165, 1.54) is 0 Å². The summed E-state index contributed by atoms with van der Waals surface area (Å²) in [5.74, 6) is 0.838. The highest BCUT2D eigenvalue weighted by atomic mass is 35.5. The lowest BCUT2D eigenvalue weighted by molar-refractivity contribution is 0.414. The van der Waals surface area contributed by atoms with Crippen LogP contribution >= 0.6 is 23.2 Å². The molecule has 0 amide bonds. The van der Waals surface area contributed by atoms with Crippen molar-refractivity contribution < 1.29 is 4.74 Å². The summed E-state index contributed by atoms with van der Waals surface area (Å²) in [4.78, 5) is 0. The zero-order valence-electron chi connectivity index (χ0n) is 12.2. The molecule has 2 aromatic carbocycles. The molecule has 0 bridgehead atoms. The van der Waals surface area contributed by atoms with E-state index in [9.17, 15) is 0 Å². The second kappa shape index (κ2) is 7.69. The third-order valence-electron chi connectivity index (χ3n) is 3.30. The lowest BCUT2D eigenvalue weighted by atomic mass is 9.99. The van der Waals surface area contributed by atoms with Crippen molar-refractivity contribution >= 4 is 23.2 Å². The zero-order valence-corrected chi connectivity index (χ0v) is 13.8. The van der Waals surface area contributed by atoms with Crippen LogP contribution in [0.15, 0.2) is 36.4 Å². The van der Waals surface area contributed by atoms with Crippen molar-refractivity contribution in [1.29, 1.82) is 0 Å². The third-order valence-corrected chi connectivity index (χ3v) is 4.12. The average Bonchev–Trinajstić information content (AvgIpc) is 2.50. The fraction of sp³-hybridized carbons (Fsp3) is 0.294. The number of nitrogens with one attached hydrogen (secondary N) is 1. The Morgan fingerprint density at radius 2 is 1.90 bits per heavy atom. The summed E-state index contributed by atoms with van der Waals surface area (Å²) in [6, 6.07) is 11.7. The lowest BCUT2D eigenvalue weighted by Gasteiger charge is -2.14. The van der Waals surface area contributed by atoms with Crippen LogP contribution < -0.4 is 10.1 Å². The molecule has 0 saturated heterocycles. The van der Waals surface area contributed by atoms with Gasteiger partial charge < -0.3 is 10.1 Å². The molecule has 0 heterocycles. The summed E-state index contributed by atoms with van der Waals surface area (Å²) in [6.45, 7) is 3.89. The van der Waals surface area contributed by atoms with Gasteiger partial charge in [-0.2, -0.15) is 0 Å². The number of rotatable bonds is 6. The van der Waals surface area contributed by atoms with E-state index in [0.717, 1.165) is 42.0 Å². The first-order chi connectivity index (χ1) is 10.2. The number of benzene rings is 2. The molecule has 4 heteroatoms. The first-order valence-corrected chi connectivity index (χ1v) is 7.75. The normalized spacial score (nSPS) is 10.7. The van der Waals surface area contributed by atoms with Crippen LogP contribution in [0.5, 0.6) is 5.75 Å². The molecule has 0 aliphatic carbocycles. The van der Waals surface area contributed by atoms with Crippen molar-refractivity contribution in [1.82, 2.24) is 5.32 Å². The predicted octanol–water partition coefficient (Wildman–Crippen LogP) is 5.17. The molecule has 0 saturated carbocycles. The number of hydrogen-bond donors (Lipinski definition) is 1. The van der Waals surface area contributed by atoms with Crippen LogP contribution in [0.4, 0.5) is 0 Å². The number of halogens is 2. The Bertz CT molecular complexity index is 614. The van der Waals surface area contributed by atoms with Crippen molar-refractivity contribution in [3.8, 4) is 16.9 Å². The monoisotopic (exact) mass is 323 g/mol. The van der Waals surface area contributed by atoms with Gasteiger partial charge in [0.1, 0.15) is 5.75 Å². The van der Waals surface area contributed by atoms with Crippen LogP contribution in [0.25, 0.3) is 11.1 Å². The minimum absolute atomic E-state index is 0.567. The van der Waals surface area contributed by atoms with Gasteiger partial charge in [0.05, 0.1) is 17.2 Å². The first kappa shape index (κ1) is 16.2. The van der Waals surface area contributed by atoms with E-state index in [1.807, 2.05) is 30.3 Å². The molecule has 21 heavy (non-hydrogen) atoms. The molecule has 0 unspecified atom stereocenters. The number of methoxy groups -OCH3 is 1. The highest BCUT2D eigenvalue weighted by Gasteiger charge is 2.11. The molecule has 0 atom stereocenters. The fourth-order valence-corrected chi connectivity index (χ4v) is 2.62. The minimum atomic E-state index is 0.567. The van der Waals surface area contributed by atoms with Gasteiger partial charge in [0.25, 0.3) is 0 Å². The standard InChI is InChI=1S/C17H19Cl2NO/c1-3-9-20-11-12-10-13(21-2)7-8-14(12)15-5-4-6-16(18)17(15)19/h4-8,10,20H,3,9,11H2,1-2H3. The molecule has 2 aromatic rings. The second-order valence-corrected chi connectivity index (χ2v) is 5.59. The fourth-order valence-electron chi connectivity index (χ4n) is 2.22. The van der Waals surface area contributed by atoms with E-state index in [2.05, 4.69) is 12.2 Å². The Kier molecular flexibility index (Phi) is 5.92. The van der Waals surface area contributed by atoms with E-state index < -0.39 is 0 Å². The maximum Gasteiger partial charge on any atom is 0.119 e. The topological polar surface area (TPSA) is 21.3 Å². The van der Waals surface area contributed by atoms with Gasteiger partial charge in [0.15, 0.2) is 0 Å². The van der Waals surface area contributed by atoms with Crippen LogP contribution in [0, 0.1) is 0 Å². The maximum atomic E-state index is 6.35. The van der Waals surface area contributed by atoms with Gasteiger partial charge in [-0.25, -0.2) is 0 Å². The van der Waals surface area contributed by atoms with E-state index in [4.69, 9.17) is 27.9 Å². The van der Waals surface area contributed by atoms with Gasteiger partial charge in [-0.3, -0.25) is 0 Å². The van der Waals surface area contributed by atoms with Crippen LogP contribution in [0.1, 0.15) is 18.9 Å². The second-order valence-electron chi connectivity index (χ2n) is 4.80. The summed E-state index contributed by atoms with van der Waals surface area (Å²) < 4.78 is 5.32. The molecular formula is C17H19Cl2NO. The minimum Gasteiger partial charge on any atom is -0.497 e. The Hall–Kier alpha value is -1.22. The lowest BCUT2D eigenvalue weighted by Crippen LogP contribution is -2.14. The van der Waals surface area contributed by atoms with Gasteiger partial charge in [-0.1, -0.05) is 48.3 Å². The Morgan fingerprint density at radius 3 is 2.62 bits per heavy atom. The third kappa shape index (κ3) is 3.91. The quantitative estimate of drug-likeness (QED) is 0.740. The Labute approximate surface area is 136 Å². The van der Waals surface area contributed by atoms with Crippen molar-refractivity contribution in [3.05, 3.63) is 52.0 Å². The summed E-state index contributed by atoms with van der Waals surface area (Å²) in [5, 5.41) is 4.57. The molecule has 2 rings (SSSR count). The van der Waals surface area contributed by atoms with Crippen molar-refractivity contribution in [2.24, 2.45) is 0 Å². The average molecular weight is 324 g/mol. The molecule has 0 aliphatic rings. The molecule has 0 radical (unpaired) electrons. The number of hydrogen-bond acceptors (Lipinski definition) is 2. The van der Waals surface area contributed by atoms with E-state index in [1.54, 1.807) is 13.2 Å². The van der Waals surface area contributed by atoms with Crippen molar-refractivity contribution in [2.45, 2.75) is 19.9 Å². The molecule has 0 aliphatic heterocycles. The summed E-state index contributed by atoms with van der Waals surface area (Å²) >= 11 is 12.5. The van der Waals surface area contributed by atoms with Crippen LogP contribution in [-0.2, 0) is 6.54 Å². The first-order valence-electron chi connectivity index (χ1n) is 6.99. The highest BCUT2D eigenvalue weighted by Crippen LogP contribution is 2.36. The van der Waals surface area contributed by atoms with Crippen LogP contribution in [0.2, 0.25) is 10.0 Å². The molecule has 112 valence electrons. The largest absolute Gasteiger partial charge is 0.497 e. The summed E-state index contributed by atoms with van der Waals surface area (Å²) in [5.41, 5.74) is 3.17. The van der Waals surface area contributed by atoms with Gasteiger partial charge >= 0.3 is 0 Å². The van der Waals surface area contributed by atoms with E-state index in [0.29, 0.717) is 10.0 Å². The van der Waals surface area contributed by atoms with Gasteiger partial charge in [-0.05, 0) is 42.3 Å². The van der Waals surface area contributed by atoms with Crippen molar-refractivity contribution in [2.75, 3.05) is 13.7 Å². The van der Waals surface area contributed by atoms with Gasteiger partial charge in [0, 0.05) is 12.1 Å². The molecule has 1 N–H and O–H groups in total. The smallest absolute Gasteiger partial charge is 0.119 e. The summed E-state index contributed by atoms with van der Waals surface area (Å²) in [7, 11) is 1.67. The highest BCUT2D eigenvalue weighted by molar-refractivity contribution is 6.43. The molecule has 2 nitrogen and oxygen atoms in total. The maximum absolute atomic E-state index is 6.35. The molecular weight excluding hydrogens is 305 g/mol. The van der Waals surface area contributed by atoms with E-state index >= 15 is 0 Å². The zero-order chi connectivity index (χ0) is 15.2. The Balaban J connectivity index is 2.43. The SMILES string of the molecule is CCCNCc1cc(OC)ccc1-c1cccc(Cl)c1Cl. The molecule has 0 spiro atoms.